The van der Waals surface area contributed by atoms with Gasteiger partial charge in [-0.15, -0.1) is 0 Å². The van der Waals surface area contributed by atoms with Crippen molar-refractivity contribution in [3.05, 3.63) is 89.5 Å². The number of hydrogen-bond donors (Lipinski definition) is 0. The lowest BCUT2D eigenvalue weighted by Crippen LogP contribution is -2.45. The Kier molecular flexibility index (Phi) is 7.47. The molecule has 0 spiro atoms. The van der Waals surface area contributed by atoms with E-state index in [0.717, 1.165) is 31.7 Å². The van der Waals surface area contributed by atoms with Gasteiger partial charge < -0.3 is 14.2 Å². The Morgan fingerprint density at radius 2 is 1.27 bits per heavy atom. The van der Waals surface area contributed by atoms with Crippen molar-refractivity contribution in [3.63, 3.8) is 0 Å². The first kappa shape index (κ1) is 22.7. The SMILES string of the molecule is COc1ccc(/C=N/N2CCN(C(c3ccccc3)c3ccccc3)CC2)c(OC)c1OC. The minimum absolute atomic E-state index is 0.240. The van der Waals surface area contributed by atoms with E-state index in [-0.39, 0.29) is 6.04 Å². The summed E-state index contributed by atoms with van der Waals surface area (Å²) in [5, 5.41) is 6.85. The molecular weight excluding hydrogens is 414 g/mol. The van der Waals surface area contributed by atoms with E-state index in [1.165, 1.54) is 11.1 Å². The quantitative estimate of drug-likeness (QED) is 0.480. The van der Waals surface area contributed by atoms with Gasteiger partial charge in [-0.3, -0.25) is 9.91 Å². The van der Waals surface area contributed by atoms with Crippen molar-refractivity contribution in [2.24, 2.45) is 5.10 Å². The highest BCUT2D eigenvalue weighted by Gasteiger charge is 2.26. The van der Waals surface area contributed by atoms with Gasteiger partial charge in [0.15, 0.2) is 11.5 Å². The third-order valence-corrected chi connectivity index (χ3v) is 5.98. The predicted molar refractivity (Wildman–Crippen MR) is 132 cm³/mol. The zero-order chi connectivity index (χ0) is 23.0. The molecule has 0 radical (unpaired) electrons. The van der Waals surface area contributed by atoms with Gasteiger partial charge in [-0.25, -0.2) is 0 Å². The minimum atomic E-state index is 0.240. The van der Waals surface area contributed by atoms with Gasteiger partial charge in [0.1, 0.15) is 0 Å². The maximum absolute atomic E-state index is 5.57. The first-order valence-electron chi connectivity index (χ1n) is 11.2. The van der Waals surface area contributed by atoms with Gasteiger partial charge in [-0.2, -0.15) is 5.10 Å². The fraction of sp³-hybridized carbons (Fsp3) is 0.296. The first-order chi connectivity index (χ1) is 16.2. The van der Waals surface area contributed by atoms with Crippen molar-refractivity contribution in [1.29, 1.82) is 0 Å². The Labute approximate surface area is 196 Å². The molecule has 0 bridgehead atoms. The maximum Gasteiger partial charge on any atom is 0.203 e. The summed E-state index contributed by atoms with van der Waals surface area (Å²) in [6.45, 7) is 3.55. The van der Waals surface area contributed by atoms with E-state index in [9.17, 15) is 0 Å². The Morgan fingerprint density at radius 1 is 0.697 bits per heavy atom. The normalized spacial score (nSPS) is 14.6. The topological polar surface area (TPSA) is 46.5 Å². The highest BCUT2D eigenvalue weighted by atomic mass is 16.5. The lowest BCUT2D eigenvalue weighted by Gasteiger charge is -2.38. The van der Waals surface area contributed by atoms with Gasteiger partial charge in [0, 0.05) is 31.7 Å². The number of hydrogen-bond acceptors (Lipinski definition) is 6. The van der Waals surface area contributed by atoms with Crippen molar-refractivity contribution in [1.82, 2.24) is 9.91 Å². The second-order valence-electron chi connectivity index (χ2n) is 7.88. The summed E-state index contributed by atoms with van der Waals surface area (Å²) in [4.78, 5) is 2.54. The Bertz CT molecular complexity index is 1010. The fourth-order valence-corrected chi connectivity index (χ4v) is 4.34. The number of methoxy groups -OCH3 is 3. The van der Waals surface area contributed by atoms with Crippen LogP contribution in [0, 0.1) is 0 Å². The van der Waals surface area contributed by atoms with Gasteiger partial charge in [0.25, 0.3) is 0 Å². The van der Waals surface area contributed by atoms with Crippen LogP contribution >= 0.6 is 0 Å². The van der Waals surface area contributed by atoms with Gasteiger partial charge in [-0.1, -0.05) is 60.7 Å². The highest BCUT2D eigenvalue weighted by Crippen LogP contribution is 2.39. The van der Waals surface area contributed by atoms with Crippen molar-refractivity contribution in [2.75, 3.05) is 47.5 Å². The molecule has 0 unspecified atom stereocenters. The third kappa shape index (κ3) is 5.12. The molecule has 0 N–H and O–H groups in total. The molecule has 0 saturated carbocycles. The average Bonchev–Trinajstić information content (AvgIpc) is 2.89. The van der Waals surface area contributed by atoms with E-state index in [2.05, 4.69) is 70.6 Å². The van der Waals surface area contributed by atoms with E-state index in [1.807, 2.05) is 18.3 Å². The molecule has 1 aliphatic rings. The van der Waals surface area contributed by atoms with Crippen molar-refractivity contribution in [3.8, 4) is 17.2 Å². The van der Waals surface area contributed by atoms with Crippen LogP contribution in [0.5, 0.6) is 17.2 Å². The molecule has 1 fully saturated rings. The van der Waals surface area contributed by atoms with Crippen LogP contribution in [0.2, 0.25) is 0 Å². The number of rotatable bonds is 8. The molecule has 0 aromatic heterocycles. The molecule has 1 aliphatic heterocycles. The van der Waals surface area contributed by atoms with Crippen molar-refractivity contribution in [2.45, 2.75) is 6.04 Å². The molecule has 6 nitrogen and oxygen atoms in total. The summed E-state index contributed by atoms with van der Waals surface area (Å²) in [7, 11) is 4.85. The van der Waals surface area contributed by atoms with Crippen LogP contribution in [0.15, 0.2) is 77.9 Å². The summed E-state index contributed by atoms with van der Waals surface area (Å²) in [5.74, 6) is 1.82. The van der Waals surface area contributed by atoms with E-state index in [1.54, 1.807) is 21.3 Å². The highest BCUT2D eigenvalue weighted by molar-refractivity contribution is 5.86. The Balaban J connectivity index is 1.48. The van der Waals surface area contributed by atoms with Crippen LogP contribution < -0.4 is 14.2 Å². The van der Waals surface area contributed by atoms with Gasteiger partial charge >= 0.3 is 0 Å². The zero-order valence-electron chi connectivity index (χ0n) is 19.5. The summed E-state index contributed by atoms with van der Waals surface area (Å²) in [6.07, 6.45) is 1.84. The van der Waals surface area contributed by atoms with Gasteiger partial charge in [-0.05, 0) is 23.3 Å². The van der Waals surface area contributed by atoms with Crippen molar-refractivity contribution < 1.29 is 14.2 Å². The second kappa shape index (κ2) is 10.9. The molecule has 33 heavy (non-hydrogen) atoms. The number of piperazine rings is 1. The van der Waals surface area contributed by atoms with Crippen LogP contribution in [0.1, 0.15) is 22.7 Å². The summed E-state index contributed by atoms with van der Waals surface area (Å²) >= 11 is 0. The molecule has 3 aromatic carbocycles. The number of hydrazone groups is 1. The van der Waals surface area contributed by atoms with Crippen LogP contribution in [0.25, 0.3) is 0 Å². The zero-order valence-corrected chi connectivity index (χ0v) is 19.5. The average molecular weight is 446 g/mol. The third-order valence-electron chi connectivity index (χ3n) is 5.98. The number of benzene rings is 3. The Morgan fingerprint density at radius 3 is 1.79 bits per heavy atom. The molecule has 3 aromatic rings. The summed E-state index contributed by atoms with van der Waals surface area (Å²) in [6, 6.07) is 25.5. The summed E-state index contributed by atoms with van der Waals surface area (Å²) in [5.41, 5.74) is 3.48. The van der Waals surface area contributed by atoms with E-state index < -0.39 is 0 Å². The van der Waals surface area contributed by atoms with E-state index >= 15 is 0 Å². The van der Waals surface area contributed by atoms with Gasteiger partial charge in [0.2, 0.25) is 5.75 Å². The fourth-order valence-electron chi connectivity index (χ4n) is 4.34. The molecule has 0 aliphatic carbocycles. The van der Waals surface area contributed by atoms with Crippen LogP contribution in [0.4, 0.5) is 0 Å². The molecule has 0 amide bonds. The molecule has 172 valence electrons. The first-order valence-corrected chi connectivity index (χ1v) is 11.2. The molecule has 6 heteroatoms. The summed E-state index contributed by atoms with van der Waals surface area (Å²) < 4.78 is 16.4. The Hall–Kier alpha value is -3.51. The number of nitrogens with zero attached hydrogens (tertiary/aromatic N) is 3. The molecular formula is C27H31N3O3. The van der Waals surface area contributed by atoms with Crippen LogP contribution in [0.3, 0.4) is 0 Å². The smallest absolute Gasteiger partial charge is 0.203 e. The van der Waals surface area contributed by atoms with Crippen LogP contribution in [-0.4, -0.2) is 63.6 Å². The molecule has 1 saturated heterocycles. The maximum atomic E-state index is 5.57. The lowest BCUT2D eigenvalue weighted by molar-refractivity contribution is 0.113. The van der Waals surface area contributed by atoms with Gasteiger partial charge in [0.05, 0.1) is 33.6 Å². The number of ether oxygens (including phenoxy) is 3. The lowest BCUT2D eigenvalue weighted by atomic mass is 9.96. The van der Waals surface area contributed by atoms with E-state index in [0.29, 0.717) is 17.2 Å². The standard InChI is InChI=1S/C27H31N3O3/c1-31-24-15-14-23(26(32-2)27(24)33-3)20-28-30-18-16-29(17-19-30)25(21-10-6-4-7-11-21)22-12-8-5-9-13-22/h4-15,20,25H,16-19H2,1-3H3/b28-20+. The van der Waals surface area contributed by atoms with E-state index in [4.69, 9.17) is 19.3 Å². The molecule has 0 atom stereocenters. The minimum Gasteiger partial charge on any atom is -0.493 e. The second-order valence-corrected chi connectivity index (χ2v) is 7.88. The largest absolute Gasteiger partial charge is 0.493 e. The monoisotopic (exact) mass is 445 g/mol. The predicted octanol–water partition coefficient (Wildman–Crippen LogP) is 4.45. The van der Waals surface area contributed by atoms with Crippen LogP contribution in [-0.2, 0) is 0 Å². The molecule has 4 rings (SSSR count). The molecule has 1 heterocycles. The van der Waals surface area contributed by atoms with Crippen molar-refractivity contribution >= 4 is 6.21 Å².